The Morgan fingerprint density at radius 2 is 1.93 bits per heavy atom. The summed E-state index contributed by atoms with van der Waals surface area (Å²) in [6.07, 6.45) is 8.37. The van der Waals surface area contributed by atoms with E-state index in [1.165, 1.54) is 24.0 Å². The van der Waals surface area contributed by atoms with Crippen LogP contribution in [0.25, 0.3) is 11.1 Å². The van der Waals surface area contributed by atoms with Crippen LogP contribution in [0.4, 0.5) is 0 Å². The van der Waals surface area contributed by atoms with E-state index in [1.54, 1.807) is 0 Å². The van der Waals surface area contributed by atoms with Crippen LogP contribution >= 0.6 is 0 Å². The van der Waals surface area contributed by atoms with Crippen LogP contribution in [0.2, 0.25) is 0 Å². The van der Waals surface area contributed by atoms with E-state index in [2.05, 4.69) is 30.3 Å². The van der Waals surface area contributed by atoms with Crippen LogP contribution in [-0.4, -0.2) is 30.2 Å². The fraction of sp³-hybridized carbons (Fsp3) is 0.458. The van der Waals surface area contributed by atoms with Crippen LogP contribution < -0.4 is 9.47 Å². The highest BCUT2D eigenvalue weighted by Crippen LogP contribution is 2.34. The summed E-state index contributed by atoms with van der Waals surface area (Å²) in [7, 11) is 0. The van der Waals surface area contributed by atoms with Crippen LogP contribution in [0, 0.1) is 5.92 Å². The summed E-state index contributed by atoms with van der Waals surface area (Å²) in [5, 5.41) is 9.23. The molecular weight excluding hydrogens is 352 g/mol. The smallest absolute Gasteiger partial charge is 0.125 e. The summed E-state index contributed by atoms with van der Waals surface area (Å²) >= 11 is 0. The largest absolute Gasteiger partial charge is 0.490 e. The molecule has 28 heavy (non-hydrogen) atoms. The Morgan fingerprint density at radius 3 is 2.71 bits per heavy atom. The SMILES string of the molecule is O=CC(CO)CC1CCc2cc(-c3cccc(OC4CCCC4)c3)ccc2O1. The third kappa shape index (κ3) is 4.39. The van der Waals surface area contributed by atoms with Crippen molar-refractivity contribution in [3.63, 3.8) is 0 Å². The number of fused-ring (bicyclic) bond motifs is 1. The number of carbonyl (C=O) groups excluding carboxylic acids is 1. The molecule has 148 valence electrons. The van der Waals surface area contributed by atoms with E-state index in [4.69, 9.17) is 9.47 Å². The third-order valence-electron chi connectivity index (χ3n) is 5.85. The average Bonchev–Trinajstić information content (AvgIpc) is 3.24. The highest BCUT2D eigenvalue weighted by Gasteiger charge is 2.23. The summed E-state index contributed by atoms with van der Waals surface area (Å²) in [6, 6.07) is 14.6. The lowest BCUT2D eigenvalue weighted by atomic mass is 9.93. The minimum atomic E-state index is -0.339. The molecule has 4 nitrogen and oxygen atoms in total. The molecule has 1 aliphatic heterocycles. The summed E-state index contributed by atoms with van der Waals surface area (Å²) in [5.41, 5.74) is 3.52. The van der Waals surface area contributed by atoms with Crippen molar-refractivity contribution in [1.82, 2.24) is 0 Å². The van der Waals surface area contributed by atoms with Gasteiger partial charge in [0.25, 0.3) is 0 Å². The molecule has 2 unspecified atom stereocenters. The first-order valence-corrected chi connectivity index (χ1v) is 10.4. The Kier molecular flexibility index (Phi) is 5.96. The standard InChI is InChI=1S/C24H28O4/c25-15-17(16-26)12-23-10-8-20-13-19(9-11-24(20)28-23)18-4-3-7-22(14-18)27-21-5-1-2-6-21/h3-4,7,9,11,13-15,17,21,23,26H,1-2,5-6,8,10,12,16H2. The van der Waals surface area contributed by atoms with Gasteiger partial charge in [-0.25, -0.2) is 0 Å². The zero-order chi connectivity index (χ0) is 19.3. The quantitative estimate of drug-likeness (QED) is 0.715. The summed E-state index contributed by atoms with van der Waals surface area (Å²) < 4.78 is 12.2. The first-order chi connectivity index (χ1) is 13.7. The molecule has 1 heterocycles. The van der Waals surface area contributed by atoms with Gasteiger partial charge in [0.15, 0.2) is 0 Å². The molecule has 1 saturated carbocycles. The van der Waals surface area contributed by atoms with Crippen molar-refractivity contribution >= 4 is 6.29 Å². The summed E-state index contributed by atoms with van der Waals surface area (Å²) in [5.74, 6) is 1.50. The van der Waals surface area contributed by atoms with Gasteiger partial charge in [-0.2, -0.15) is 0 Å². The fourth-order valence-corrected chi connectivity index (χ4v) is 4.25. The number of rotatable bonds is 7. The van der Waals surface area contributed by atoms with Crippen molar-refractivity contribution in [3.05, 3.63) is 48.0 Å². The average molecular weight is 380 g/mol. The van der Waals surface area contributed by atoms with Crippen molar-refractivity contribution in [2.24, 2.45) is 5.92 Å². The monoisotopic (exact) mass is 380 g/mol. The van der Waals surface area contributed by atoms with Crippen LogP contribution in [0.5, 0.6) is 11.5 Å². The molecule has 4 heteroatoms. The van der Waals surface area contributed by atoms with Gasteiger partial charge in [0, 0.05) is 5.92 Å². The van der Waals surface area contributed by atoms with Crippen molar-refractivity contribution < 1.29 is 19.4 Å². The second-order valence-electron chi connectivity index (χ2n) is 7.97. The van der Waals surface area contributed by atoms with Crippen molar-refractivity contribution in [2.45, 2.75) is 57.2 Å². The van der Waals surface area contributed by atoms with Crippen LogP contribution in [0.1, 0.15) is 44.1 Å². The van der Waals surface area contributed by atoms with E-state index >= 15 is 0 Å². The van der Waals surface area contributed by atoms with Crippen LogP contribution in [0.3, 0.4) is 0 Å². The van der Waals surface area contributed by atoms with Crippen LogP contribution in [-0.2, 0) is 11.2 Å². The van der Waals surface area contributed by atoms with Gasteiger partial charge in [-0.05, 0) is 85.9 Å². The second-order valence-corrected chi connectivity index (χ2v) is 7.97. The molecule has 2 aliphatic rings. The lowest BCUT2D eigenvalue weighted by Crippen LogP contribution is -2.27. The number of aryl methyl sites for hydroxylation is 1. The van der Waals surface area contributed by atoms with Crippen molar-refractivity contribution in [3.8, 4) is 22.6 Å². The summed E-state index contributed by atoms with van der Waals surface area (Å²) in [6.45, 7) is -0.117. The maximum absolute atomic E-state index is 11.0. The lowest BCUT2D eigenvalue weighted by molar-refractivity contribution is -0.113. The van der Waals surface area contributed by atoms with Gasteiger partial charge in [0.05, 0.1) is 18.8 Å². The van der Waals surface area contributed by atoms with Gasteiger partial charge in [-0.3, -0.25) is 0 Å². The second kappa shape index (κ2) is 8.78. The zero-order valence-electron chi connectivity index (χ0n) is 16.2. The minimum absolute atomic E-state index is 0.0103. The number of benzene rings is 2. The van der Waals surface area contributed by atoms with Gasteiger partial charge >= 0.3 is 0 Å². The Hall–Kier alpha value is -2.33. The molecule has 2 atom stereocenters. The van der Waals surface area contributed by atoms with E-state index in [0.717, 1.165) is 49.0 Å². The third-order valence-corrected chi connectivity index (χ3v) is 5.85. The molecular formula is C24H28O4. The van der Waals surface area contributed by atoms with Crippen molar-refractivity contribution in [2.75, 3.05) is 6.61 Å². The van der Waals surface area contributed by atoms with E-state index < -0.39 is 0 Å². The lowest BCUT2D eigenvalue weighted by Gasteiger charge is -2.27. The molecule has 0 aromatic heterocycles. The molecule has 0 spiro atoms. The molecule has 0 radical (unpaired) electrons. The van der Waals surface area contributed by atoms with E-state index in [9.17, 15) is 9.90 Å². The van der Waals surface area contributed by atoms with E-state index in [0.29, 0.717) is 12.5 Å². The first-order valence-electron chi connectivity index (χ1n) is 10.4. The topological polar surface area (TPSA) is 55.8 Å². The number of ether oxygens (including phenoxy) is 2. The molecule has 0 saturated heterocycles. The van der Waals surface area contributed by atoms with Crippen LogP contribution in [0.15, 0.2) is 42.5 Å². The molecule has 1 N–H and O–H groups in total. The van der Waals surface area contributed by atoms with Gasteiger partial charge in [0.1, 0.15) is 17.8 Å². The molecule has 2 aromatic rings. The number of hydrogen-bond donors (Lipinski definition) is 1. The Morgan fingerprint density at radius 1 is 1.11 bits per heavy atom. The molecule has 2 aromatic carbocycles. The molecule has 1 fully saturated rings. The molecule has 4 rings (SSSR count). The number of carbonyl (C=O) groups is 1. The Balaban J connectivity index is 1.47. The number of aliphatic hydroxyl groups excluding tert-OH is 1. The molecule has 0 amide bonds. The maximum Gasteiger partial charge on any atom is 0.125 e. The zero-order valence-corrected chi connectivity index (χ0v) is 16.2. The Labute approximate surface area is 166 Å². The molecule has 0 bridgehead atoms. The van der Waals surface area contributed by atoms with Gasteiger partial charge in [-0.15, -0.1) is 0 Å². The van der Waals surface area contributed by atoms with Gasteiger partial charge in [-0.1, -0.05) is 18.2 Å². The Bertz CT molecular complexity index is 810. The van der Waals surface area contributed by atoms with E-state index in [-0.39, 0.29) is 18.6 Å². The predicted molar refractivity (Wildman–Crippen MR) is 109 cm³/mol. The molecule has 1 aliphatic carbocycles. The van der Waals surface area contributed by atoms with Gasteiger partial charge < -0.3 is 19.4 Å². The van der Waals surface area contributed by atoms with E-state index in [1.807, 2.05) is 12.1 Å². The highest BCUT2D eigenvalue weighted by atomic mass is 16.5. The number of hydrogen-bond acceptors (Lipinski definition) is 4. The normalized spacial score (nSPS) is 20.2. The predicted octanol–water partition coefficient (Wildman–Crippen LogP) is 4.57. The first kappa shape index (κ1) is 19.0. The number of aldehydes is 1. The number of aliphatic hydroxyl groups is 1. The summed E-state index contributed by atoms with van der Waals surface area (Å²) in [4.78, 5) is 11.0. The fourth-order valence-electron chi connectivity index (χ4n) is 4.25. The highest BCUT2D eigenvalue weighted by molar-refractivity contribution is 5.67. The van der Waals surface area contributed by atoms with Crippen molar-refractivity contribution in [1.29, 1.82) is 0 Å². The minimum Gasteiger partial charge on any atom is -0.490 e. The maximum atomic E-state index is 11.0. The van der Waals surface area contributed by atoms with Gasteiger partial charge in [0.2, 0.25) is 0 Å².